The summed E-state index contributed by atoms with van der Waals surface area (Å²) in [6.45, 7) is 4.33. The quantitative estimate of drug-likeness (QED) is 0.874. The van der Waals surface area contributed by atoms with Gasteiger partial charge in [-0.05, 0) is 43.4 Å². The monoisotopic (exact) mass is 300 g/mol. The lowest BCUT2D eigenvalue weighted by Gasteiger charge is -2.22. The highest BCUT2D eigenvalue weighted by Gasteiger charge is 2.32. The lowest BCUT2D eigenvalue weighted by atomic mass is 10.1. The predicted molar refractivity (Wildman–Crippen MR) is 76.2 cm³/mol. The van der Waals surface area contributed by atoms with Crippen LogP contribution in [0.4, 0.5) is 4.39 Å². The van der Waals surface area contributed by atoms with Crippen molar-refractivity contribution in [2.45, 2.75) is 38.1 Å². The molecule has 0 bridgehead atoms. The molecule has 1 aromatic rings. The van der Waals surface area contributed by atoms with Crippen LogP contribution in [0, 0.1) is 18.7 Å². The van der Waals surface area contributed by atoms with Crippen LogP contribution in [0.1, 0.15) is 30.9 Å². The lowest BCUT2D eigenvalue weighted by molar-refractivity contribution is 0.411. The zero-order chi connectivity index (χ0) is 14.9. The fourth-order valence-electron chi connectivity index (χ4n) is 2.22. The van der Waals surface area contributed by atoms with Gasteiger partial charge in [0.2, 0.25) is 10.0 Å². The summed E-state index contributed by atoms with van der Waals surface area (Å²) in [5.41, 5.74) is 6.16. The molecule has 1 aliphatic carbocycles. The van der Waals surface area contributed by atoms with Crippen molar-refractivity contribution in [1.29, 1.82) is 0 Å². The van der Waals surface area contributed by atoms with Crippen LogP contribution in [0.15, 0.2) is 17.0 Å². The molecule has 2 rings (SSSR count). The van der Waals surface area contributed by atoms with Crippen molar-refractivity contribution in [3.63, 3.8) is 0 Å². The van der Waals surface area contributed by atoms with E-state index < -0.39 is 15.8 Å². The Bertz CT molecular complexity index is 597. The van der Waals surface area contributed by atoms with E-state index in [-0.39, 0.29) is 17.0 Å². The summed E-state index contributed by atoms with van der Waals surface area (Å²) >= 11 is 0. The molecule has 112 valence electrons. The number of rotatable bonds is 6. The number of benzene rings is 1. The zero-order valence-electron chi connectivity index (χ0n) is 11.9. The summed E-state index contributed by atoms with van der Waals surface area (Å²) in [4.78, 5) is 0.0421. The van der Waals surface area contributed by atoms with E-state index in [9.17, 15) is 12.8 Å². The Hall–Kier alpha value is -0.980. The molecule has 0 aromatic heterocycles. The largest absolute Gasteiger partial charge is 0.326 e. The molecule has 0 radical (unpaired) electrons. The van der Waals surface area contributed by atoms with Gasteiger partial charge in [-0.25, -0.2) is 12.8 Å². The molecule has 1 aromatic carbocycles. The fourth-order valence-corrected chi connectivity index (χ4v) is 4.03. The van der Waals surface area contributed by atoms with Crippen LogP contribution in [0.3, 0.4) is 0 Å². The van der Waals surface area contributed by atoms with E-state index in [4.69, 9.17) is 5.73 Å². The van der Waals surface area contributed by atoms with Gasteiger partial charge in [0.15, 0.2) is 0 Å². The highest BCUT2D eigenvalue weighted by Crippen LogP contribution is 2.32. The molecule has 1 saturated carbocycles. The predicted octanol–water partition coefficient (Wildman–Crippen LogP) is 2.01. The van der Waals surface area contributed by atoms with E-state index in [1.165, 1.54) is 23.4 Å². The van der Waals surface area contributed by atoms with E-state index in [2.05, 4.69) is 0 Å². The van der Waals surface area contributed by atoms with E-state index in [0.29, 0.717) is 24.6 Å². The summed E-state index contributed by atoms with van der Waals surface area (Å²) in [5, 5.41) is 0. The molecule has 0 aliphatic heterocycles. The molecule has 0 amide bonds. The average molecular weight is 300 g/mol. The van der Waals surface area contributed by atoms with Crippen molar-refractivity contribution in [2.75, 3.05) is 13.1 Å². The molecular formula is C14H21FN2O2S. The van der Waals surface area contributed by atoms with Crippen molar-refractivity contribution in [1.82, 2.24) is 4.31 Å². The number of nitrogens with zero attached hydrogens (tertiary/aromatic N) is 1. The summed E-state index contributed by atoms with van der Waals surface area (Å²) in [7, 11) is -3.65. The van der Waals surface area contributed by atoms with Crippen molar-refractivity contribution in [2.24, 2.45) is 11.7 Å². The van der Waals surface area contributed by atoms with Gasteiger partial charge in [-0.2, -0.15) is 4.31 Å². The second-order valence-corrected chi connectivity index (χ2v) is 7.21. The van der Waals surface area contributed by atoms with Gasteiger partial charge in [-0.1, -0.05) is 6.92 Å². The van der Waals surface area contributed by atoms with Gasteiger partial charge < -0.3 is 5.73 Å². The minimum Gasteiger partial charge on any atom is -0.326 e. The Kier molecular flexibility index (Phi) is 4.46. The van der Waals surface area contributed by atoms with Gasteiger partial charge in [0.25, 0.3) is 0 Å². The third-order valence-electron chi connectivity index (χ3n) is 3.72. The van der Waals surface area contributed by atoms with Gasteiger partial charge in [0.05, 0.1) is 4.90 Å². The molecule has 0 atom stereocenters. The van der Waals surface area contributed by atoms with E-state index in [0.717, 1.165) is 12.8 Å². The maximum atomic E-state index is 13.9. The number of hydrogen-bond donors (Lipinski definition) is 1. The average Bonchev–Trinajstić information content (AvgIpc) is 3.22. The first-order chi connectivity index (χ1) is 9.40. The van der Waals surface area contributed by atoms with Gasteiger partial charge in [-0.15, -0.1) is 0 Å². The Morgan fingerprint density at radius 2 is 2.05 bits per heavy atom. The van der Waals surface area contributed by atoms with E-state index in [1.54, 1.807) is 6.92 Å². The highest BCUT2D eigenvalue weighted by atomic mass is 32.2. The summed E-state index contributed by atoms with van der Waals surface area (Å²) in [5.74, 6) is -0.0680. The number of hydrogen-bond acceptors (Lipinski definition) is 3. The van der Waals surface area contributed by atoms with E-state index in [1.807, 2.05) is 0 Å². The second kappa shape index (κ2) is 5.79. The van der Waals surface area contributed by atoms with Crippen LogP contribution in [0.5, 0.6) is 0 Å². The molecule has 2 N–H and O–H groups in total. The van der Waals surface area contributed by atoms with E-state index >= 15 is 0 Å². The standard InChI is InChI=1S/C14H21FN2O2S/c1-3-17(9-11-4-5-11)20(18,19)14-7-12(8-16)6-13(15)10(14)2/h6-7,11H,3-5,8-9,16H2,1-2H3. The maximum absolute atomic E-state index is 13.9. The molecule has 0 saturated heterocycles. The SMILES string of the molecule is CCN(CC1CC1)S(=O)(=O)c1cc(CN)cc(F)c1C. The fraction of sp³-hybridized carbons (Fsp3) is 0.571. The summed E-state index contributed by atoms with van der Waals surface area (Å²) in [6.07, 6.45) is 2.14. The summed E-state index contributed by atoms with van der Waals surface area (Å²) < 4.78 is 40.7. The molecule has 6 heteroatoms. The van der Waals surface area contributed by atoms with Gasteiger partial charge in [-0.3, -0.25) is 0 Å². The Morgan fingerprint density at radius 3 is 2.55 bits per heavy atom. The molecule has 4 nitrogen and oxygen atoms in total. The number of nitrogens with two attached hydrogens (primary N) is 1. The first-order valence-electron chi connectivity index (χ1n) is 6.89. The van der Waals surface area contributed by atoms with Crippen LogP contribution >= 0.6 is 0 Å². The lowest BCUT2D eigenvalue weighted by Crippen LogP contribution is -2.33. The van der Waals surface area contributed by atoms with Crippen molar-refractivity contribution < 1.29 is 12.8 Å². The first kappa shape index (κ1) is 15.4. The topological polar surface area (TPSA) is 63.4 Å². The summed E-state index contributed by atoms with van der Waals surface area (Å²) in [6, 6.07) is 2.79. The van der Waals surface area contributed by atoms with Crippen LogP contribution in [0.2, 0.25) is 0 Å². The zero-order valence-corrected chi connectivity index (χ0v) is 12.7. The molecule has 20 heavy (non-hydrogen) atoms. The van der Waals surface area contributed by atoms with Crippen LogP contribution in [-0.4, -0.2) is 25.8 Å². The molecule has 0 spiro atoms. The Balaban J connectivity index is 2.43. The molecular weight excluding hydrogens is 279 g/mol. The van der Waals surface area contributed by atoms with Crippen molar-refractivity contribution in [3.8, 4) is 0 Å². The molecule has 0 unspecified atom stereocenters. The van der Waals surface area contributed by atoms with Gasteiger partial charge in [0, 0.05) is 25.2 Å². The Morgan fingerprint density at radius 1 is 1.40 bits per heavy atom. The minimum atomic E-state index is -3.65. The third kappa shape index (κ3) is 3.02. The van der Waals surface area contributed by atoms with Gasteiger partial charge >= 0.3 is 0 Å². The normalized spacial score (nSPS) is 15.8. The molecule has 1 aliphatic rings. The smallest absolute Gasteiger partial charge is 0.243 e. The number of sulfonamides is 1. The number of halogens is 1. The maximum Gasteiger partial charge on any atom is 0.243 e. The van der Waals surface area contributed by atoms with Crippen LogP contribution in [-0.2, 0) is 16.6 Å². The second-order valence-electron chi connectivity index (χ2n) is 5.30. The Labute approximate surface area is 119 Å². The van der Waals surface area contributed by atoms with Crippen LogP contribution in [0.25, 0.3) is 0 Å². The molecule has 1 fully saturated rings. The third-order valence-corrected chi connectivity index (χ3v) is 5.79. The highest BCUT2D eigenvalue weighted by molar-refractivity contribution is 7.89. The first-order valence-corrected chi connectivity index (χ1v) is 8.33. The molecule has 0 heterocycles. The van der Waals surface area contributed by atoms with Gasteiger partial charge in [0.1, 0.15) is 5.82 Å². The van der Waals surface area contributed by atoms with Crippen LogP contribution < -0.4 is 5.73 Å². The van der Waals surface area contributed by atoms with Crippen molar-refractivity contribution in [3.05, 3.63) is 29.1 Å². The van der Waals surface area contributed by atoms with Crippen molar-refractivity contribution >= 4 is 10.0 Å². The minimum absolute atomic E-state index is 0.0421.